The van der Waals surface area contributed by atoms with Crippen LogP contribution < -0.4 is 5.32 Å². The SMILES string of the molecule is C/C(=C\[C@H](C(C)C)N(C)C(=O)[C@@H](NC(=O)C1CC[C@@H](C)CN1C(C)C)C(C)C)C(=O)O. The lowest BCUT2D eigenvalue weighted by atomic mass is 9.91. The molecule has 0 aromatic heterocycles. The number of likely N-dealkylation sites (N-methyl/N-ethyl adjacent to an activating group) is 1. The van der Waals surface area contributed by atoms with Crippen LogP contribution in [0.15, 0.2) is 11.6 Å². The fourth-order valence-corrected chi connectivity index (χ4v) is 4.25. The number of rotatable bonds is 9. The van der Waals surface area contributed by atoms with Gasteiger partial charge in [-0.2, -0.15) is 0 Å². The molecule has 0 bridgehead atoms. The zero-order valence-electron chi connectivity index (χ0n) is 20.8. The van der Waals surface area contributed by atoms with Crippen molar-refractivity contribution in [3.05, 3.63) is 11.6 Å². The van der Waals surface area contributed by atoms with E-state index < -0.39 is 12.0 Å². The quantitative estimate of drug-likeness (QED) is 0.541. The Bertz CT molecular complexity index is 672. The first kappa shape index (κ1) is 27.1. The highest BCUT2D eigenvalue weighted by molar-refractivity contribution is 5.90. The van der Waals surface area contributed by atoms with Crippen molar-refractivity contribution >= 4 is 17.8 Å². The van der Waals surface area contributed by atoms with Gasteiger partial charge in [0.2, 0.25) is 11.8 Å². The summed E-state index contributed by atoms with van der Waals surface area (Å²) < 4.78 is 0. The zero-order valence-corrected chi connectivity index (χ0v) is 20.8. The summed E-state index contributed by atoms with van der Waals surface area (Å²) in [7, 11) is 1.68. The molecule has 0 saturated carbocycles. The largest absolute Gasteiger partial charge is 0.478 e. The standard InChI is InChI=1S/C24H43N3O4/c1-14(2)20(12-18(8)24(30)31)26(9)23(29)21(15(3)4)25-22(28)19-11-10-17(7)13-27(19)16(5)6/h12,14-17,19-21H,10-11,13H2,1-9H3,(H,25,28)(H,30,31)/b18-12+/t17-,19?,20-,21+/m1/s1. The smallest absolute Gasteiger partial charge is 0.331 e. The lowest BCUT2D eigenvalue weighted by Crippen LogP contribution is -2.59. The molecule has 1 fully saturated rings. The number of likely N-dealkylation sites (tertiary alicyclic amines) is 1. The molecule has 31 heavy (non-hydrogen) atoms. The fourth-order valence-electron chi connectivity index (χ4n) is 4.25. The molecule has 1 aliphatic heterocycles. The zero-order chi connectivity index (χ0) is 24.0. The number of nitrogens with zero attached hydrogens (tertiary/aromatic N) is 2. The van der Waals surface area contributed by atoms with Crippen LogP contribution in [-0.2, 0) is 14.4 Å². The predicted molar refractivity (Wildman–Crippen MR) is 124 cm³/mol. The van der Waals surface area contributed by atoms with E-state index >= 15 is 0 Å². The Hall–Kier alpha value is -1.89. The fraction of sp³-hybridized carbons (Fsp3) is 0.792. The van der Waals surface area contributed by atoms with E-state index in [4.69, 9.17) is 0 Å². The molecular formula is C24H43N3O4. The number of carboxylic acids is 1. The molecule has 0 spiro atoms. The van der Waals surface area contributed by atoms with Crippen molar-refractivity contribution in [2.45, 2.75) is 92.4 Å². The van der Waals surface area contributed by atoms with E-state index in [-0.39, 0.29) is 47.3 Å². The van der Waals surface area contributed by atoms with Crippen LogP contribution in [0.1, 0.15) is 68.2 Å². The van der Waals surface area contributed by atoms with Crippen LogP contribution in [-0.4, -0.2) is 70.4 Å². The van der Waals surface area contributed by atoms with Gasteiger partial charge >= 0.3 is 5.97 Å². The summed E-state index contributed by atoms with van der Waals surface area (Å²) in [6.45, 7) is 16.6. The van der Waals surface area contributed by atoms with E-state index in [2.05, 4.69) is 31.0 Å². The number of hydrogen-bond donors (Lipinski definition) is 2. The summed E-state index contributed by atoms with van der Waals surface area (Å²) >= 11 is 0. The Morgan fingerprint density at radius 1 is 1.06 bits per heavy atom. The molecule has 7 nitrogen and oxygen atoms in total. The molecule has 2 N–H and O–H groups in total. The molecule has 0 aliphatic carbocycles. The maximum atomic E-state index is 13.4. The number of nitrogens with one attached hydrogen (secondary N) is 1. The summed E-state index contributed by atoms with van der Waals surface area (Å²) in [5, 5.41) is 12.3. The number of piperidine rings is 1. The lowest BCUT2D eigenvalue weighted by Gasteiger charge is -2.41. The van der Waals surface area contributed by atoms with Gasteiger partial charge in [-0.1, -0.05) is 40.7 Å². The molecule has 1 unspecified atom stereocenters. The summed E-state index contributed by atoms with van der Waals surface area (Å²) in [6, 6.07) is -1.01. The van der Waals surface area contributed by atoms with Crippen LogP contribution in [0.2, 0.25) is 0 Å². The van der Waals surface area contributed by atoms with Crippen LogP contribution in [0.3, 0.4) is 0 Å². The number of carboxylic acid groups (broad SMARTS) is 1. The van der Waals surface area contributed by atoms with Crippen molar-refractivity contribution in [2.24, 2.45) is 17.8 Å². The third-order valence-electron chi connectivity index (χ3n) is 6.29. The van der Waals surface area contributed by atoms with Gasteiger partial charge in [0.25, 0.3) is 0 Å². The van der Waals surface area contributed by atoms with E-state index in [1.54, 1.807) is 18.0 Å². The van der Waals surface area contributed by atoms with Gasteiger partial charge in [0.15, 0.2) is 0 Å². The molecule has 7 heteroatoms. The summed E-state index contributed by atoms with van der Waals surface area (Å²) in [5.41, 5.74) is 0.201. The molecule has 1 heterocycles. The number of carbonyl (C=O) groups excluding carboxylic acids is 2. The Morgan fingerprint density at radius 2 is 1.65 bits per heavy atom. The summed E-state index contributed by atoms with van der Waals surface area (Å²) in [6.07, 6.45) is 3.40. The molecule has 4 atom stereocenters. The van der Waals surface area contributed by atoms with Gasteiger partial charge in [-0.3, -0.25) is 14.5 Å². The predicted octanol–water partition coefficient (Wildman–Crippen LogP) is 3.15. The van der Waals surface area contributed by atoms with Gasteiger partial charge in [0.05, 0.1) is 12.1 Å². The molecule has 1 saturated heterocycles. The van der Waals surface area contributed by atoms with Crippen molar-refractivity contribution < 1.29 is 19.5 Å². The van der Waals surface area contributed by atoms with E-state index in [9.17, 15) is 19.5 Å². The molecule has 2 amide bonds. The van der Waals surface area contributed by atoms with Gasteiger partial charge in [0.1, 0.15) is 6.04 Å². The molecule has 1 aliphatic rings. The molecule has 0 aromatic carbocycles. The van der Waals surface area contributed by atoms with Crippen LogP contribution in [0, 0.1) is 17.8 Å². The molecule has 178 valence electrons. The van der Waals surface area contributed by atoms with E-state index in [0.717, 1.165) is 19.4 Å². The minimum absolute atomic E-state index is 0.0306. The summed E-state index contributed by atoms with van der Waals surface area (Å²) in [4.78, 5) is 41.7. The maximum Gasteiger partial charge on any atom is 0.331 e. The van der Waals surface area contributed by atoms with Gasteiger partial charge < -0.3 is 15.3 Å². The second-order valence-electron chi connectivity index (χ2n) is 10.1. The van der Waals surface area contributed by atoms with E-state index in [1.807, 2.05) is 27.7 Å². The molecule has 0 aromatic rings. The highest BCUT2D eigenvalue weighted by Gasteiger charge is 2.37. The number of hydrogen-bond acceptors (Lipinski definition) is 4. The Morgan fingerprint density at radius 3 is 2.10 bits per heavy atom. The number of aliphatic carboxylic acids is 1. The van der Waals surface area contributed by atoms with Gasteiger partial charge in [-0.15, -0.1) is 0 Å². The van der Waals surface area contributed by atoms with Crippen LogP contribution in [0.5, 0.6) is 0 Å². The first-order valence-corrected chi connectivity index (χ1v) is 11.5. The Labute approximate surface area is 188 Å². The van der Waals surface area contributed by atoms with Crippen molar-refractivity contribution in [3.8, 4) is 0 Å². The van der Waals surface area contributed by atoms with Gasteiger partial charge in [0, 0.05) is 25.2 Å². The van der Waals surface area contributed by atoms with Crippen molar-refractivity contribution in [1.29, 1.82) is 0 Å². The third kappa shape index (κ3) is 7.34. The maximum absolute atomic E-state index is 13.4. The van der Waals surface area contributed by atoms with Gasteiger partial charge in [-0.25, -0.2) is 4.79 Å². The minimum atomic E-state index is -1.000. The normalized spacial score (nSPS) is 22.5. The van der Waals surface area contributed by atoms with Crippen LogP contribution >= 0.6 is 0 Å². The minimum Gasteiger partial charge on any atom is -0.478 e. The third-order valence-corrected chi connectivity index (χ3v) is 6.29. The molecule has 1 rings (SSSR count). The van der Waals surface area contributed by atoms with Crippen LogP contribution in [0.4, 0.5) is 0 Å². The Balaban J connectivity index is 3.06. The average Bonchev–Trinajstić information content (AvgIpc) is 2.67. The van der Waals surface area contributed by atoms with Crippen LogP contribution in [0.25, 0.3) is 0 Å². The van der Waals surface area contributed by atoms with Crippen molar-refractivity contribution in [2.75, 3.05) is 13.6 Å². The van der Waals surface area contributed by atoms with E-state index in [1.165, 1.54) is 6.92 Å². The van der Waals surface area contributed by atoms with Gasteiger partial charge in [-0.05, 0) is 51.4 Å². The first-order chi connectivity index (χ1) is 14.3. The lowest BCUT2D eigenvalue weighted by molar-refractivity contribution is -0.140. The van der Waals surface area contributed by atoms with Crippen molar-refractivity contribution in [3.63, 3.8) is 0 Å². The topological polar surface area (TPSA) is 90.0 Å². The Kier molecular flexibility index (Phi) is 10.2. The highest BCUT2D eigenvalue weighted by atomic mass is 16.4. The second kappa shape index (κ2) is 11.7. The first-order valence-electron chi connectivity index (χ1n) is 11.5. The van der Waals surface area contributed by atoms with Crippen molar-refractivity contribution in [1.82, 2.24) is 15.1 Å². The number of amides is 2. The summed E-state index contributed by atoms with van der Waals surface area (Å²) in [5.74, 6) is -0.804. The monoisotopic (exact) mass is 437 g/mol. The highest BCUT2D eigenvalue weighted by Crippen LogP contribution is 2.24. The van der Waals surface area contributed by atoms with E-state index in [0.29, 0.717) is 5.92 Å². The molecular weight excluding hydrogens is 394 g/mol. The second-order valence-corrected chi connectivity index (χ2v) is 10.1. The average molecular weight is 438 g/mol. The molecule has 0 radical (unpaired) electrons. The number of carbonyl (C=O) groups is 3.